The van der Waals surface area contributed by atoms with Crippen LogP contribution in [-0.4, -0.2) is 33.9 Å². The summed E-state index contributed by atoms with van der Waals surface area (Å²) in [5.41, 5.74) is 5.37. The molecule has 74 valence electrons. The maximum absolute atomic E-state index is 5.55. The lowest BCUT2D eigenvalue weighted by Crippen LogP contribution is -2.07. The van der Waals surface area contributed by atoms with Gasteiger partial charge in [0.2, 0.25) is 0 Å². The van der Waals surface area contributed by atoms with Gasteiger partial charge in [0.05, 0.1) is 0 Å². The van der Waals surface area contributed by atoms with Gasteiger partial charge in [-0.2, -0.15) is 11.8 Å². The van der Waals surface area contributed by atoms with Gasteiger partial charge in [-0.3, -0.25) is 0 Å². The fourth-order valence-corrected chi connectivity index (χ4v) is 3.04. The van der Waals surface area contributed by atoms with Crippen molar-refractivity contribution in [1.29, 1.82) is 0 Å². The Morgan fingerprint density at radius 2 is 2.17 bits per heavy atom. The molecule has 0 atom stereocenters. The van der Waals surface area contributed by atoms with E-state index in [0.717, 1.165) is 12.3 Å². The first-order valence-electron chi connectivity index (χ1n) is 4.66. The van der Waals surface area contributed by atoms with Gasteiger partial charge in [-0.05, 0) is 32.1 Å². The first-order chi connectivity index (χ1) is 5.77. The molecule has 0 saturated carbocycles. The zero-order valence-electron chi connectivity index (χ0n) is 8.21. The second-order valence-corrected chi connectivity index (χ2v) is 5.70. The van der Waals surface area contributed by atoms with Crippen molar-refractivity contribution < 1.29 is 4.43 Å². The average Bonchev–Trinajstić information content (AvgIpc) is 2.02. The summed E-state index contributed by atoms with van der Waals surface area (Å²) in [4.78, 5) is 0. The lowest BCUT2D eigenvalue weighted by molar-refractivity contribution is 0.255. The molecule has 0 aromatic rings. The summed E-state index contributed by atoms with van der Waals surface area (Å²) < 4.78 is 5.55. The molecular weight excluding hydrogens is 186 g/mol. The van der Waals surface area contributed by atoms with E-state index in [2.05, 4.69) is 13.8 Å². The van der Waals surface area contributed by atoms with Gasteiger partial charge in [-0.1, -0.05) is 0 Å². The number of nitrogens with two attached hydrogens (primary N) is 1. The molecule has 12 heavy (non-hydrogen) atoms. The summed E-state index contributed by atoms with van der Waals surface area (Å²) in [6, 6.07) is 1.32. The van der Waals surface area contributed by atoms with Crippen molar-refractivity contribution in [3.63, 3.8) is 0 Å². The first kappa shape index (κ1) is 12.5. The Morgan fingerprint density at radius 1 is 1.42 bits per heavy atom. The molecule has 0 bridgehead atoms. The van der Waals surface area contributed by atoms with Crippen LogP contribution in [0.5, 0.6) is 0 Å². The van der Waals surface area contributed by atoms with E-state index in [4.69, 9.17) is 10.2 Å². The lowest BCUT2D eigenvalue weighted by atomic mass is 10.5. The van der Waals surface area contributed by atoms with Gasteiger partial charge in [0, 0.05) is 18.4 Å². The Balaban J connectivity index is 2.82. The number of rotatable bonds is 8. The van der Waals surface area contributed by atoms with Gasteiger partial charge in [-0.15, -0.1) is 0 Å². The van der Waals surface area contributed by atoms with E-state index >= 15 is 0 Å². The van der Waals surface area contributed by atoms with Crippen molar-refractivity contribution in [2.45, 2.75) is 32.4 Å². The van der Waals surface area contributed by atoms with Crippen LogP contribution in [0.2, 0.25) is 6.04 Å². The third kappa shape index (κ3) is 10.5. The number of hydrogen-bond donors (Lipinski definition) is 1. The van der Waals surface area contributed by atoms with Crippen LogP contribution in [0.3, 0.4) is 0 Å². The van der Waals surface area contributed by atoms with Crippen molar-refractivity contribution in [3.05, 3.63) is 0 Å². The standard InChI is InChI=1S/C8H21NOSSi/c1-8(2)10-12-7-3-5-11-6-4-9/h8H,3-7,9,12H2,1-2H3. The average molecular weight is 207 g/mol. The predicted octanol–water partition coefficient (Wildman–Crippen LogP) is 0.996. The van der Waals surface area contributed by atoms with E-state index in [9.17, 15) is 0 Å². The topological polar surface area (TPSA) is 35.2 Å². The molecule has 0 amide bonds. The first-order valence-corrected chi connectivity index (χ1v) is 7.40. The fraction of sp³-hybridized carbons (Fsp3) is 1.00. The Kier molecular flexibility index (Phi) is 9.96. The minimum atomic E-state index is -0.215. The van der Waals surface area contributed by atoms with E-state index in [1.54, 1.807) is 0 Å². The van der Waals surface area contributed by atoms with E-state index in [0.29, 0.717) is 6.10 Å². The van der Waals surface area contributed by atoms with Crippen molar-refractivity contribution in [1.82, 2.24) is 0 Å². The Morgan fingerprint density at radius 3 is 2.75 bits per heavy atom. The van der Waals surface area contributed by atoms with Crippen LogP contribution in [0.15, 0.2) is 0 Å². The van der Waals surface area contributed by atoms with E-state index < -0.39 is 0 Å². The molecule has 0 aromatic carbocycles. The van der Waals surface area contributed by atoms with Crippen molar-refractivity contribution in [2.24, 2.45) is 5.73 Å². The summed E-state index contributed by atoms with van der Waals surface area (Å²) in [6.45, 7) is 5.02. The highest BCUT2D eigenvalue weighted by molar-refractivity contribution is 7.99. The molecule has 0 aliphatic rings. The normalized spacial score (nSPS) is 12.0. The summed E-state index contributed by atoms with van der Waals surface area (Å²) in [5, 5.41) is 0. The molecule has 0 heterocycles. The van der Waals surface area contributed by atoms with Crippen LogP contribution in [0, 0.1) is 0 Å². The molecule has 0 fully saturated rings. The second kappa shape index (κ2) is 9.57. The predicted molar refractivity (Wildman–Crippen MR) is 60.6 cm³/mol. The third-order valence-electron chi connectivity index (χ3n) is 1.40. The third-order valence-corrected chi connectivity index (χ3v) is 4.19. The molecule has 0 radical (unpaired) electrons. The molecular formula is C8H21NOSSi. The summed E-state index contributed by atoms with van der Waals surface area (Å²) >= 11 is 1.95. The van der Waals surface area contributed by atoms with E-state index in [-0.39, 0.29) is 9.76 Å². The summed E-state index contributed by atoms with van der Waals surface area (Å²) in [5.74, 6) is 2.36. The van der Waals surface area contributed by atoms with Gasteiger partial charge in [0.15, 0.2) is 9.76 Å². The number of hydrogen-bond acceptors (Lipinski definition) is 3. The molecule has 0 aromatic heterocycles. The molecule has 0 aliphatic heterocycles. The van der Waals surface area contributed by atoms with Crippen molar-refractivity contribution in [3.8, 4) is 0 Å². The highest BCUT2D eigenvalue weighted by Gasteiger charge is 1.94. The van der Waals surface area contributed by atoms with Gasteiger partial charge >= 0.3 is 0 Å². The Hall–Kier alpha value is 0.487. The molecule has 2 N–H and O–H groups in total. The van der Waals surface area contributed by atoms with Crippen LogP contribution in [0.25, 0.3) is 0 Å². The van der Waals surface area contributed by atoms with Crippen LogP contribution >= 0.6 is 11.8 Å². The minimum Gasteiger partial charge on any atom is -0.422 e. The second-order valence-electron chi connectivity index (χ2n) is 3.03. The number of thioether (sulfide) groups is 1. The molecule has 2 nitrogen and oxygen atoms in total. The lowest BCUT2D eigenvalue weighted by Gasteiger charge is -2.06. The molecule has 0 unspecified atom stereocenters. The largest absolute Gasteiger partial charge is 0.422 e. The van der Waals surface area contributed by atoms with Gasteiger partial charge in [0.1, 0.15) is 0 Å². The molecule has 0 rings (SSSR count). The molecule has 0 saturated heterocycles. The van der Waals surface area contributed by atoms with Crippen molar-refractivity contribution >= 4 is 21.5 Å². The smallest absolute Gasteiger partial charge is 0.161 e. The van der Waals surface area contributed by atoms with Crippen LogP contribution in [0.4, 0.5) is 0 Å². The zero-order chi connectivity index (χ0) is 9.23. The van der Waals surface area contributed by atoms with Crippen LogP contribution < -0.4 is 5.73 Å². The monoisotopic (exact) mass is 207 g/mol. The van der Waals surface area contributed by atoms with Gasteiger partial charge in [0.25, 0.3) is 0 Å². The summed E-state index contributed by atoms with van der Waals surface area (Å²) in [7, 11) is -0.215. The molecule has 0 spiro atoms. The van der Waals surface area contributed by atoms with E-state index in [1.807, 2.05) is 11.8 Å². The van der Waals surface area contributed by atoms with Crippen molar-refractivity contribution in [2.75, 3.05) is 18.1 Å². The van der Waals surface area contributed by atoms with Gasteiger partial charge in [-0.25, -0.2) is 0 Å². The maximum atomic E-state index is 5.55. The Labute approximate surface area is 82.6 Å². The van der Waals surface area contributed by atoms with Gasteiger partial charge < -0.3 is 10.2 Å². The maximum Gasteiger partial charge on any atom is 0.161 e. The van der Waals surface area contributed by atoms with E-state index in [1.165, 1.54) is 18.2 Å². The quantitative estimate of drug-likeness (QED) is 0.476. The SMILES string of the molecule is CC(C)O[SiH2]CCCSCCN. The fourth-order valence-electron chi connectivity index (χ4n) is 0.811. The highest BCUT2D eigenvalue weighted by atomic mass is 32.2. The van der Waals surface area contributed by atoms with Crippen LogP contribution in [0.1, 0.15) is 20.3 Å². The minimum absolute atomic E-state index is 0.215. The molecule has 4 heteroatoms. The highest BCUT2D eigenvalue weighted by Crippen LogP contribution is 2.03. The zero-order valence-corrected chi connectivity index (χ0v) is 10.4. The van der Waals surface area contributed by atoms with Crippen LogP contribution in [-0.2, 0) is 4.43 Å². The Bertz CT molecular complexity index is 93.1. The summed E-state index contributed by atoms with van der Waals surface area (Å²) in [6.07, 6.45) is 1.75. The molecule has 0 aliphatic carbocycles.